The van der Waals surface area contributed by atoms with Gasteiger partial charge in [0.05, 0.1) is 0 Å². The summed E-state index contributed by atoms with van der Waals surface area (Å²) in [6, 6.07) is 0. The van der Waals surface area contributed by atoms with Crippen molar-refractivity contribution in [3.8, 4) is 0 Å². The number of nitrogens with one attached hydrogen (secondary N) is 1. The first-order valence-corrected chi connectivity index (χ1v) is 19.3. The van der Waals surface area contributed by atoms with E-state index >= 15 is 0 Å². The van der Waals surface area contributed by atoms with Crippen LogP contribution in [0, 0.1) is 0 Å². The molecular weight excluding hydrogens is 556 g/mol. The molecule has 0 aliphatic heterocycles. The molecule has 0 aromatic carbocycles. The fourth-order valence-electron chi connectivity index (χ4n) is 5.45. The topological polar surface area (TPSA) is 81.4 Å². The van der Waals surface area contributed by atoms with Crippen molar-refractivity contribution in [3.63, 3.8) is 0 Å². The van der Waals surface area contributed by atoms with Crippen molar-refractivity contribution in [2.45, 2.75) is 200 Å². The Bertz CT molecular complexity index is 731. The van der Waals surface area contributed by atoms with Gasteiger partial charge in [-0.15, -0.1) is 0 Å². The van der Waals surface area contributed by atoms with Gasteiger partial charge in [-0.3, -0.25) is 10.5 Å². The molecule has 0 aromatic heterocycles. The maximum atomic E-state index is 12.0. The standard InChI is InChI=1S/C40H74N2O3/c1-3-5-7-9-11-13-15-17-19-21-23-25-27-29-31-33-37-42-39(43)35-36-40(44)45-38(41)34-32-30-28-26-24-22-20-18-16-14-12-10-8-6-4-2/h17-20,35-36,38H,3-16,21-34,37,41H2,1-2H3,(H,42,43)/b19-17-,20-18-,36-35-. The zero-order valence-electron chi connectivity index (χ0n) is 29.8. The van der Waals surface area contributed by atoms with E-state index in [-0.39, 0.29) is 5.91 Å². The van der Waals surface area contributed by atoms with E-state index in [2.05, 4.69) is 43.5 Å². The van der Waals surface area contributed by atoms with Gasteiger partial charge in [0, 0.05) is 18.7 Å². The molecule has 0 aliphatic carbocycles. The third-order valence-corrected chi connectivity index (χ3v) is 8.38. The number of ether oxygens (including phenoxy) is 1. The zero-order valence-corrected chi connectivity index (χ0v) is 29.8. The van der Waals surface area contributed by atoms with E-state index in [0.717, 1.165) is 25.7 Å². The van der Waals surface area contributed by atoms with Gasteiger partial charge in [0.1, 0.15) is 0 Å². The Kier molecular flexibility index (Phi) is 35.1. The average Bonchev–Trinajstić information content (AvgIpc) is 3.03. The lowest BCUT2D eigenvalue weighted by molar-refractivity contribution is -0.143. The van der Waals surface area contributed by atoms with Crippen LogP contribution in [0.15, 0.2) is 36.5 Å². The Hall–Kier alpha value is -1.88. The van der Waals surface area contributed by atoms with E-state index in [9.17, 15) is 9.59 Å². The van der Waals surface area contributed by atoms with Crippen LogP contribution in [-0.2, 0) is 14.3 Å². The van der Waals surface area contributed by atoms with Crippen LogP contribution < -0.4 is 11.1 Å². The molecule has 0 aliphatic rings. The number of carbonyl (C=O) groups excluding carboxylic acids is 2. The molecule has 45 heavy (non-hydrogen) atoms. The second kappa shape index (κ2) is 36.6. The minimum atomic E-state index is -0.615. The maximum absolute atomic E-state index is 12.0. The summed E-state index contributed by atoms with van der Waals surface area (Å²) in [6.07, 6.45) is 45.9. The van der Waals surface area contributed by atoms with Gasteiger partial charge in [-0.25, -0.2) is 4.79 Å². The number of hydrogen-bond donors (Lipinski definition) is 2. The predicted molar refractivity (Wildman–Crippen MR) is 195 cm³/mol. The van der Waals surface area contributed by atoms with E-state index in [1.165, 1.54) is 160 Å². The number of hydrogen-bond acceptors (Lipinski definition) is 4. The average molecular weight is 631 g/mol. The Morgan fingerprint density at radius 2 is 0.911 bits per heavy atom. The third-order valence-electron chi connectivity index (χ3n) is 8.38. The van der Waals surface area contributed by atoms with E-state index < -0.39 is 12.2 Å². The van der Waals surface area contributed by atoms with Gasteiger partial charge in [0.25, 0.3) is 0 Å². The Morgan fingerprint density at radius 1 is 0.533 bits per heavy atom. The minimum Gasteiger partial charge on any atom is -0.444 e. The molecular formula is C40H74N2O3. The van der Waals surface area contributed by atoms with E-state index in [0.29, 0.717) is 13.0 Å². The molecule has 1 amide bonds. The third kappa shape index (κ3) is 36.5. The fraction of sp³-hybridized carbons (Fsp3) is 0.800. The largest absolute Gasteiger partial charge is 0.444 e. The van der Waals surface area contributed by atoms with Crippen LogP contribution in [0.3, 0.4) is 0 Å². The SMILES string of the molecule is CCCCCCCC/C=C\CCCCCCCCNC(=O)/C=C\C(=O)OC(N)CCCCCCC/C=C\CCCCCCCC. The van der Waals surface area contributed by atoms with Crippen molar-refractivity contribution < 1.29 is 14.3 Å². The summed E-state index contributed by atoms with van der Waals surface area (Å²) in [5.41, 5.74) is 5.95. The number of allylic oxidation sites excluding steroid dienone is 4. The van der Waals surface area contributed by atoms with Crippen molar-refractivity contribution in [2.75, 3.05) is 6.54 Å². The Labute approximate surface area is 279 Å². The zero-order chi connectivity index (χ0) is 32.9. The first kappa shape index (κ1) is 43.1. The molecule has 0 bridgehead atoms. The van der Waals surface area contributed by atoms with Crippen molar-refractivity contribution in [3.05, 3.63) is 36.5 Å². The van der Waals surface area contributed by atoms with Crippen LogP contribution in [0.25, 0.3) is 0 Å². The van der Waals surface area contributed by atoms with E-state index in [1.54, 1.807) is 0 Å². The normalized spacial score (nSPS) is 12.5. The monoisotopic (exact) mass is 631 g/mol. The number of unbranched alkanes of at least 4 members (excludes halogenated alkanes) is 23. The Morgan fingerprint density at radius 3 is 1.36 bits per heavy atom. The quantitative estimate of drug-likeness (QED) is 0.0244. The first-order valence-electron chi connectivity index (χ1n) is 19.3. The molecule has 1 atom stereocenters. The highest BCUT2D eigenvalue weighted by Gasteiger charge is 2.07. The lowest BCUT2D eigenvalue weighted by Crippen LogP contribution is -2.27. The number of nitrogens with two attached hydrogens (primary N) is 1. The summed E-state index contributed by atoms with van der Waals surface area (Å²) in [7, 11) is 0. The van der Waals surface area contributed by atoms with Crippen molar-refractivity contribution in [1.82, 2.24) is 5.32 Å². The number of carbonyl (C=O) groups is 2. The summed E-state index contributed by atoms with van der Waals surface area (Å²) in [4.78, 5) is 23.9. The van der Waals surface area contributed by atoms with Gasteiger partial charge in [-0.05, 0) is 70.6 Å². The minimum absolute atomic E-state index is 0.259. The van der Waals surface area contributed by atoms with Crippen LogP contribution in [0.2, 0.25) is 0 Å². The summed E-state index contributed by atoms with van der Waals surface area (Å²) in [5, 5.41) is 2.85. The van der Waals surface area contributed by atoms with Crippen LogP contribution in [0.4, 0.5) is 0 Å². The van der Waals surface area contributed by atoms with Gasteiger partial charge in [0.2, 0.25) is 5.91 Å². The van der Waals surface area contributed by atoms with E-state index in [1.807, 2.05) is 0 Å². The number of esters is 1. The molecule has 0 saturated heterocycles. The molecule has 262 valence electrons. The van der Waals surface area contributed by atoms with Crippen molar-refractivity contribution in [1.29, 1.82) is 0 Å². The summed E-state index contributed by atoms with van der Waals surface area (Å²) < 4.78 is 5.22. The molecule has 0 radical (unpaired) electrons. The van der Waals surface area contributed by atoms with E-state index in [4.69, 9.17) is 10.5 Å². The van der Waals surface area contributed by atoms with Gasteiger partial charge in [-0.1, -0.05) is 147 Å². The summed E-state index contributed by atoms with van der Waals surface area (Å²) in [6.45, 7) is 5.16. The molecule has 1 unspecified atom stereocenters. The van der Waals surface area contributed by atoms with Gasteiger partial charge < -0.3 is 10.1 Å². The highest BCUT2D eigenvalue weighted by atomic mass is 16.6. The number of rotatable bonds is 34. The molecule has 3 N–H and O–H groups in total. The van der Waals surface area contributed by atoms with Gasteiger partial charge in [-0.2, -0.15) is 0 Å². The smallest absolute Gasteiger partial charge is 0.332 e. The van der Waals surface area contributed by atoms with Crippen molar-refractivity contribution in [2.24, 2.45) is 5.73 Å². The summed E-state index contributed by atoms with van der Waals surface area (Å²) >= 11 is 0. The maximum Gasteiger partial charge on any atom is 0.332 e. The summed E-state index contributed by atoms with van der Waals surface area (Å²) in [5.74, 6) is -0.812. The fourth-order valence-corrected chi connectivity index (χ4v) is 5.45. The van der Waals surface area contributed by atoms with Crippen LogP contribution >= 0.6 is 0 Å². The molecule has 0 heterocycles. The molecule has 0 rings (SSSR count). The lowest BCUT2D eigenvalue weighted by atomic mass is 10.1. The van der Waals surface area contributed by atoms with Gasteiger partial charge >= 0.3 is 5.97 Å². The van der Waals surface area contributed by atoms with Crippen LogP contribution in [0.5, 0.6) is 0 Å². The molecule has 0 fully saturated rings. The lowest BCUT2D eigenvalue weighted by Gasteiger charge is -2.11. The molecule has 0 spiro atoms. The second-order valence-electron chi connectivity index (χ2n) is 12.9. The molecule has 5 heteroatoms. The highest BCUT2D eigenvalue weighted by molar-refractivity contribution is 5.94. The molecule has 5 nitrogen and oxygen atoms in total. The first-order chi connectivity index (χ1) is 22.1. The predicted octanol–water partition coefficient (Wildman–Crippen LogP) is 11.6. The van der Waals surface area contributed by atoms with Gasteiger partial charge in [0.15, 0.2) is 6.23 Å². The molecule has 0 saturated carbocycles. The highest BCUT2D eigenvalue weighted by Crippen LogP contribution is 2.12. The number of amides is 1. The Balaban J connectivity index is 3.52. The van der Waals surface area contributed by atoms with Crippen LogP contribution in [0.1, 0.15) is 194 Å². The van der Waals surface area contributed by atoms with Crippen molar-refractivity contribution >= 4 is 11.9 Å². The second-order valence-corrected chi connectivity index (χ2v) is 12.9. The molecule has 0 aromatic rings. The van der Waals surface area contributed by atoms with Crippen LogP contribution in [-0.4, -0.2) is 24.6 Å².